The summed E-state index contributed by atoms with van der Waals surface area (Å²) < 4.78 is 31.0. The molecule has 0 aliphatic heterocycles. The second-order valence-corrected chi connectivity index (χ2v) is 7.52. The van der Waals surface area contributed by atoms with Crippen molar-refractivity contribution in [3.05, 3.63) is 53.6 Å². The Kier molecular flexibility index (Phi) is 5.72. The lowest BCUT2D eigenvalue weighted by atomic mass is 10.1. The number of ether oxygens (including phenoxy) is 1. The van der Waals surface area contributed by atoms with Gasteiger partial charge in [-0.1, -0.05) is 18.2 Å². The van der Waals surface area contributed by atoms with Crippen LogP contribution in [0.3, 0.4) is 0 Å². The van der Waals surface area contributed by atoms with Crippen LogP contribution in [-0.2, 0) is 10.0 Å². The van der Waals surface area contributed by atoms with Crippen LogP contribution in [0.15, 0.2) is 42.5 Å². The van der Waals surface area contributed by atoms with E-state index in [0.717, 1.165) is 28.8 Å². The Bertz CT molecular complexity index is 804. The fourth-order valence-electron chi connectivity index (χ4n) is 2.40. The van der Waals surface area contributed by atoms with E-state index in [2.05, 4.69) is 17.0 Å². The van der Waals surface area contributed by atoms with Crippen molar-refractivity contribution in [2.45, 2.75) is 26.8 Å². The summed E-state index contributed by atoms with van der Waals surface area (Å²) >= 11 is 0. The molecule has 1 atom stereocenters. The maximum absolute atomic E-state index is 11.5. The highest BCUT2D eigenvalue weighted by Gasteiger charge is 2.10. The van der Waals surface area contributed by atoms with Gasteiger partial charge in [-0.3, -0.25) is 4.72 Å². The Morgan fingerprint density at radius 2 is 1.92 bits per heavy atom. The zero-order valence-corrected chi connectivity index (χ0v) is 15.3. The third kappa shape index (κ3) is 5.16. The van der Waals surface area contributed by atoms with Gasteiger partial charge in [0.1, 0.15) is 5.75 Å². The molecular weight excluding hydrogens is 324 g/mol. The lowest BCUT2D eigenvalue weighted by Crippen LogP contribution is -2.12. The number of sulfonamides is 1. The van der Waals surface area contributed by atoms with Gasteiger partial charge in [0, 0.05) is 11.7 Å². The molecule has 0 aromatic heterocycles. The van der Waals surface area contributed by atoms with Crippen molar-refractivity contribution in [2.24, 2.45) is 0 Å². The van der Waals surface area contributed by atoms with Crippen molar-refractivity contribution in [1.29, 1.82) is 0 Å². The summed E-state index contributed by atoms with van der Waals surface area (Å²) in [6.07, 6.45) is 1.15. The SMILES string of the molecule is CCOc1cccc(C(C)Nc2ccc(C)c(NS(C)(=O)=O)c2)c1. The molecule has 0 heterocycles. The monoisotopic (exact) mass is 348 g/mol. The Morgan fingerprint density at radius 1 is 1.17 bits per heavy atom. The average Bonchev–Trinajstić information content (AvgIpc) is 2.50. The number of anilines is 2. The van der Waals surface area contributed by atoms with E-state index in [4.69, 9.17) is 4.74 Å². The first-order valence-electron chi connectivity index (χ1n) is 7.86. The summed E-state index contributed by atoms with van der Waals surface area (Å²) in [5.74, 6) is 0.840. The third-order valence-corrected chi connectivity index (χ3v) is 4.18. The van der Waals surface area contributed by atoms with Gasteiger partial charge in [-0.2, -0.15) is 0 Å². The van der Waals surface area contributed by atoms with Crippen LogP contribution < -0.4 is 14.8 Å². The summed E-state index contributed by atoms with van der Waals surface area (Å²) in [5.41, 5.74) is 3.40. The highest BCUT2D eigenvalue weighted by atomic mass is 32.2. The fraction of sp³-hybridized carbons (Fsp3) is 0.333. The van der Waals surface area contributed by atoms with E-state index in [9.17, 15) is 8.42 Å². The predicted octanol–water partition coefficient (Wildman–Crippen LogP) is 3.94. The lowest BCUT2D eigenvalue weighted by Gasteiger charge is -2.18. The first-order chi connectivity index (χ1) is 11.3. The highest BCUT2D eigenvalue weighted by molar-refractivity contribution is 7.92. The molecule has 0 radical (unpaired) electrons. The Balaban J connectivity index is 2.18. The smallest absolute Gasteiger partial charge is 0.229 e. The van der Waals surface area contributed by atoms with Gasteiger partial charge in [0.2, 0.25) is 10.0 Å². The van der Waals surface area contributed by atoms with E-state index in [1.165, 1.54) is 0 Å². The van der Waals surface area contributed by atoms with Crippen LogP contribution in [0.2, 0.25) is 0 Å². The predicted molar refractivity (Wildman–Crippen MR) is 99.3 cm³/mol. The van der Waals surface area contributed by atoms with E-state index in [1.54, 1.807) is 6.07 Å². The average molecular weight is 348 g/mol. The van der Waals surface area contributed by atoms with E-state index in [0.29, 0.717) is 12.3 Å². The Labute approximate surface area is 144 Å². The van der Waals surface area contributed by atoms with E-state index < -0.39 is 10.0 Å². The molecule has 0 aliphatic carbocycles. The minimum atomic E-state index is -3.30. The molecule has 130 valence electrons. The first kappa shape index (κ1) is 18.1. The van der Waals surface area contributed by atoms with Crippen LogP contribution in [0.1, 0.15) is 31.0 Å². The van der Waals surface area contributed by atoms with Crippen LogP contribution in [-0.4, -0.2) is 21.3 Å². The number of aryl methyl sites for hydroxylation is 1. The van der Waals surface area contributed by atoms with Crippen LogP contribution in [0.4, 0.5) is 11.4 Å². The zero-order valence-electron chi connectivity index (χ0n) is 14.5. The number of benzene rings is 2. The van der Waals surface area contributed by atoms with E-state index in [-0.39, 0.29) is 6.04 Å². The van der Waals surface area contributed by atoms with Crippen molar-refractivity contribution in [1.82, 2.24) is 0 Å². The van der Waals surface area contributed by atoms with Gasteiger partial charge < -0.3 is 10.1 Å². The zero-order chi connectivity index (χ0) is 17.7. The van der Waals surface area contributed by atoms with Crippen molar-refractivity contribution in [3.63, 3.8) is 0 Å². The maximum atomic E-state index is 11.5. The summed E-state index contributed by atoms with van der Waals surface area (Å²) in [4.78, 5) is 0. The third-order valence-electron chi connectivity index (χ3n) is 3.59. The normalized spacial score (nSPS) is 12.5. The van der Waals surface area contributed by atoms with E-state index >= 15 is 0 Å². The molecule has 24 heavy (non-hydrogen) atoms. The molecule has 1 unspecified atom stereocenters. The van der Waals surface area contributed by atoms with Crippen molar-refractivity contribution in [3.8, 4) is 5.75 Å². The molecule has 2 aromatic carbocycles. The first-order valence-corrected chi connectivity index (χ1v) is 9.75. The van der Waals surface area contributed by atoms with Crippen molar-refractivity contribution < 1.29 is 13.2 Å². The molecule has 2 N–H and O–H groups in total. The molecule has 0 spiro atoms. The fourth-order valence-corrected chi connectivity index (χ4v) is 3.01. The molecule has 0 bridgehead atoms. The van der Waals surface area contributed by atoms with Crippen molar-refractivity contribution >= 4 is 21.4 Å². The number of rotatable bonds is 7. The second kappa shape index (κ2) is 7.57. The number of hydrogen-bond donors (Lipinski definition) is 2. The molecule has 2 rings (SSSR count). The largest absolute Gasteiger partial charge is 0.494 e. The molecular formula is C18H24N2O3S. The van der Waals surface area contributed by atoms with Crippen LogP contribution in [0.25, 0.3) is 0 Å². The van der Waals surface area contributed by atoms with Gasteiger partial charge in [-0.25, -0.2) is 8.42 Å². The van der Waals surface area contributed by atoms with Gasteiger partial charge in [0.05, 0.1) is 18.6 Å². The van der Waals surface area contributed by atoms with Crippen LogP contribution >= 0.6 is 0 Å². The van der Waals surface area contributed by atoms with E-state index in [1.807, 2.05) is 50.2 Å². The molecule has 5 nitrogen and oxygen atoms in total. The molecule has 6 heteroatoms. The Hall–Kier alpha value is -2.21. The van der Waals surface area contributed by atoms with Crippen LogP contribution in [0.5, 0.6) is 5.75 Å². The number of nitrogens with one attached hydrogen (secondary N) is 2. The maximum Gasteiger partial charge on any atom is 0.229 e. The standard InChI is InChI=1S/C18H24N2O3S/c1-5-23-17-8-6-7-15(11-17)14(3)19-16-10-9-13(2)18(12-16)20-24(4,21)22/h6-12,14,19-20H,5H2,1-4H3. The number of hydrogen-bond acceptors (Lipinski definition) is 4. The molecule has 0 aliphatic rings. The summed E-state index contributed by atoms with van der Waals surface area (Å²) in [6.45, 7) is 6.50. The molecule has 0 amide bonds. The Morgan fingerprint density at radius 3 is 2.58 bits per heavy atom. The quantitative estimate of drug-likeness (QED) is 0.795. The van der Waals surface area contributed by atoms with Gasteiger partial charge in [-0.15, -0.1) is 0 Å². The van der Waals surface area contributed by atoms with Crippen molar-refractivity contribution in [2.75, 3.05) is 22.9 Å². The minimum Gasteiger partial charge on any atom is -0.494 e. The van der Waals surface area contributed by atoms with Gasteiger partial charge >= 0.3 is 0 Å². The molecule has 2 aromatic rings. The van der Waals surface area contributed by atoms with Gasteiger partial charge in [-0.05, 0) is 56.2 Å². The minimum absolute atomic E-state index is 0.0548. The second-order valence-electron chi connectivity index (χ2n) is 5.78. The van der Waals surface area contributed by atoms with Gasteiger partial charge in [0.15, 0.2) is 0 Å². The highest BCUT2D eigenvalue weighted by Crippen LogP contribution is 2.26. The lowest BCUT2D eigenvalue weighted by molar-refractivity contribution is 0.340. The van der Waals surface area contributed by atoms with Crippen LogP contribution in [0, 0.1) is 6.92 Å². The molecule has 0 saturated carbocycles. The summed E-state index contributed by atoms with van der Waals surface area (Å²) in [6, 6.07) is 13.6. The molecule has 0 saturated heterocycles. The topological polar surface area (TPSA) is 67.4 Å². The summed E-state index contributed by atoms with van der Waals surface area (Å²) in [5, 5.41) is 3.39. The van der Waals surface area contributed by atoms with Gasteiger partial charge in [0.25, 0.3) is 0 Å². The summed E-state index contributed by atoms with van der Waals surface area (Å²) in [7, 11) is -3.30. The molecule has 0 fully saturated rings.